The maximum Gasteiger partial charge on any atom is 0.233 e. The van der Waals surface area contributed by atoms with Crippen molar-refractivity contribution in [2.24, 2.45) is 0 Å². The van der Waals surface area contributed by atoms with Gasteiger partial charge in [-0.05, 0) is 27.7 Å². The van der Waals surface area contributed by atoms with Crippen molar-refractivity contribution in [3.8, 4) is 5.88 Å². The highest BCUT2D eigenvalue weighted by molar-refractivity contribution is 5.19. The van der Waals surface area contributed by atoms with E-state index in [9.17, 15) is 5.11 Å². The number of hydrogen-bond donors (Lipinski definition) is 1. The molecule has 62 valence electrons. The topological polar surface area (TPSA) is 38.0 Å². The van der Waals surface area contributed by atoms with Gasteiger partial charge in [0, 0.05) is 11.8 Å². The van der Waals surface area contributed by atoms with Crippen molar-refractivity contribution in [3.05, 3.63) is 11.8 Å². The zero-order valence-electron chi connectivity index (χ0n) is 7.42. The zero-order chi connectivity index (χ0) is 8.65. The molecule has 1 aromatic rings. The maximum absolute atomic E-state index is 9.17. The minimum absolute atomic E-state index is 0.0499. The molecule has 0 bridgehead atoms. The average molecular weight is 154 g/mol. The minimum Gasteiger partial charge on any atom is -0.492 e. The Labute approximate surface area is 66.7 Å². The average Bonchev–Trinajstić information content (AvgIpc) is 2.11. The van der Waals surface area contributed by atoms with Crippen LogP contribution in [0.2, 0.25) is 0 Å². The van der Waals surface area contributed by atoms with Crippen LogP contribution in [0.3, 0.4) is 0 Å². The van der Waals surface area contributed by atoms with Crippen LogP contribution in [0.15, 0.2) is 6.20 Å². The summed E-state index contributed by atoms with van der Waals surface area (Å²) in [7, 11) is 0. The van der Waals surface area contributed by atoms with E-state index in [1.165, 1.54) is 0 Å². The summed E-state index contributed by atoms with van der Waals surface area (Å²) in [4.78, 5) is 0. The lowest BCUT2D eigenvalue weighted by molar-refractivity contribution is 0.338. The Morgan fingerprint density at radius 1 is 1.45 bits per heavy atom. The molecule has 0 saturated heterocycles. The van der Waals surface area contributed by atoms with Gasteiger partial charge in [0.25, 0.3) is 0 Å². The van der Waals surface area contributed by atoms with Crippen LogP contribution >= 0.6 is 0 Å². The van der Waals surface area contributed by atoms with Gasteiger partial charge in [0.1, 0.15) is 0 Å². The molecular formula is C8H14N2O. The van der Waals surface area contributed by atoms with E-state index in [1.54, 1.807) is 4.68 Å². The van der Waals surface area contributed by atoms with Crippen LogP contribution in [0.1, 0.15) is 26.3 Å². The minimum atomic E-state index is -0.0499. The molecule has 0 radical (unpaired) electrons. The number of nitrogens with zero attached hydrogens (tertiary/aromatic N) is 2. The number of aromatic hydroxyl groups is 1. The summed E-state index contributed by atoms with van der Waals surface area (Å²) in [5, 5.41) is 13.1. The first kappa shape index (κ1) is 8.11. The van der Waals surface area contributed by atoms with Gasteiger partial charge in [0.2, 0.25) is 5.88 Å². The van der Waals surface area contributed by atoms with Gasteiger partial charge in [-0.3, -0.25) is 4.68 Å². The number of hydrogen-bond acceptors (Lipinski definition) is 2. The lowest BCUT2D eigenvalue weighted by Gasteiger charge is -2.18. The highest BCUT2D eigenvalue weighted by Gasteiger charge is 2.15. The van der Waals surface area contributed by atoms with Gasteiger partial charge in [-0.15, -0.1) is 5.10 Å². The molecule has 1 heterocycles. The number of rotatable bonds is 0. The molecule has 0 aliphatic rings. The van der Waals surface area contributed by atoms with Crippen molar-refractivity contribution in [1.82, 2.24) is 9.78 Å². The Kier molecular flexibility index (Phi) is 1.66. The van der Waals surface area contributed by atoms with Crippen LogP contribution < -0.4 is 0 Å². The van der Waals surface area contributed by atoms with Crippen LogP contribution in [-0.2, 0) is 5.54 Å². The predicted molar refractivity (Wildman–Crippen MR) is 43.6 cm³/mol. The summed E-state index contributed by atoms with van der Waals surface area (Å²) >= 11 is 0. The summed E-state index contributed by atoms with van der Waals surface area (Å²) in [6.07, 6.45) is 1.84. The first-order valence-corrected chi connectivity index (χ1v) is 3.67. The maximum atomic E-state index is 9.17. The highest BCUT2D eigenvalue weighted by Crippen LogP contribution is 2.18. The van der Waals surface area contributed by atoms with E-state index in [0.717, 1.165) is 5.56 Å². The Balaban J connectivity index is 3.08. The second kappa shape index (κ2) is 2.26. The van der Waals surface area contributed by atoms with Crippen molar-refractivity contribution in [1.29, 1.82) is 0 Å². The molecule has 11 heavy (non-hydrogen) atoms. The lowest BCUT2D eigenvalue weighted by atomic mass is 10.1. The summed E-state index contributed by atoms with van der Waals surface area (Å²) in [6, 6.07) is 0. The summed E-state index contributed by atoms with van der Waals surface area (Å²) in [5.41, 5.74) is 0.770. The second-order valence-electron chi connectivity index (χ2n) is 3.75. The Bertz CT molecular complexity index is 238. The Morgan fingerprint density at radius 2 is 2.00 bits per heavy atom. The van der Waals surface area contributed by atoms with E-state index in [1.807, 2.05) is 33.9 Å². The van der Waals surface area contributed by atoms with Gasteiger partial charge in [0.15, 0.2) is 0 Å². The molecule has 0 atom stereocenters. The zero-order valence-corrected chi connectivity index (χ0v) is 7.42. The molecule has 0 aliphatic heterocycles. The SMILES string of the molecule is Cc1cn(C(C)(C)C)nc1O. The fraction of sp³-hybridized carbons (Fsp3) is 0.625. The van der Waals surface area contributed by atoms with Crippen LogP contribution in [0.4, 0.5) is 0 Å². The monoisotopic (exact) mass is 154 g/mol. The van der Waals surface area contributed by atoms with Crippen molar-refractivity contribution < 1.29 is 5.11 Å². The molecule has 0 saturated carbocycles. The quantitative estimate of drug-likeness (QED) is 0.617. The molecule has 3 nitrogen and oxygen atoms in total. The Morgan fingerprint density at radius 3 is 2.18 bits per heavy atom. The standard InChI is InChI=1S/C8H14N2O/c1-6-5-10(8(2,3)4)9-7(6)11/h5H,1-4H3,(H,9,11). The normalized spacial score (nSPS) is 12.0. The van der Waals surface area contributed by atoms with Crippen LogP contribution in [0, 0.1) is 6.92 Å². The van der Waals surface area contributed by atoms with Gasteiger partial charge < -0.3 is 5.11 Å². The largest absolute Gasteiger partial charge is 0.492 e. The lowest BCUT2D eigenvalue weighted by Crippen LogP contribution is -2.21. The van der Waals surface area contributed by atoms with Crippen molar-refractivity contribution in [3.63, 3.8) is 0 Å². The van der Waals surface area contributed by atoms with Crippen molar-refractivity contribution >= 4 is 0 Å². The molecule has 0 fully saturated rings. The van der Waals surface area contributed by atoms with Crippen LogP contribution in [0.25, 0.3) is 0 Å². The van der Waals surface area contributed by atoms with Gasteiger partial charge in [-0.2, -0.15) is 0 Å². The third-order valence-corrected chi connectivity index (χ3v) is 1.56. The summed E-state index contributed by atoms with van der Waals surface area (Å²) in [5.74, 6) is 0.125. The summed E-state index contributed by atoms with van der Waals surface area (Å²) in [6.45, 7) is 7.96. The van der Waals surface area contributed by atoms with E-state index >= 15 is 0 Å². The summed E-state index contributed by atoms with van der Waals surface area (Å²) < 4.78 is 1.76. The van der Waals surface area contributed by atoms with Gasteiger partial charge in [0.05, 0.1) is 5.54 Å². The molecule has 1 rings (SSSR count). The first-order valence-electron chi connectivity index (χ1n) is 3.67. The number of aromatic nitrogens is 2. The predicted octanol–water partition coefficient (Wildman–Crippen LogP) is 1.65. The second-order valence-corrected chi connectivity index (χ2v) is 3.75. The Hall–Kier alpha value is -0.990. The van der Waals surface area contributed by atoms with Crippen molar-refractivity contribution in [2.45, 2.75) is 33.2 Å². The third kappa shape index (κ3) is 1.53. The molecule has 0 spiro atoms. The van der Waals surface area contributed by atoms with Gasteiger partial charge in [-0.1, -0.05) is 0 Å². The van der Waals surface area contributed by atoms with Gasteiger partial charge in [-0.25, -0.2) is 0 Å². The molecule has 0 unspecified atom stereocenters. The molecule has 0 aromatic carbocycles. The van der Waals surface area contributed by atoms with E-state index in [2.05, 4.69) is 5.10 Å². The van der Waals surface area contributed by atoms with Crippen molar-refractivity contribution in [2.75, 3.05) is 0 Å². The first-order chi connectivity index (χ1) is 4.91. The molecule has 3 heteroatoms. The fourth-order valence-corrected chi connectivity index (χ4v) is 0.795. The molecule has 1 aromatic heterocycles. The third-order valence-electron chi connectivity index (χ3n) is 1.56. The van der Waals surface area contributed by atoms with E-state index < -0.39 is 0 Å². The van der Waals surface area contributed by atoms with Crippen LogP contribution in [0.5, 0.6) is 5.88 Å². The molecule has 1 N–H and O–H groups in total. The molecular weight excluding hydrogens is 140 g/mol. The molecule has 0 aliphatic carbocycles. The van der Waals surface area contributed by atoms with E-state index in [0.29, 0.717) is 0 Å². The van der Waals surface area contributed by atoms with Gasteiger partial charge >= 0.3 is 0 Å². The highest BCUT2D eigenvalue weighted by atomic mass is 16.3. The smallest absolute Gasteiger partial charge is 0.233 e. The fourth-order valence-electron chi connectivity index (χ4n) is 0.795. The van der Waals surface area contributed by atoms with Crippen LogP contribution in [-0.4, -0.2) is 14.9 Å². The number of aryl methyl sites for hydroxylation is 1. The van der Waals surface area contributed by atoms with E-state index in [-0.39, 0.29) is 11.4 Å². The molecule has 0 amide bonds. The van der Waals surface area contributed by atoms with E-state index in [4.69, 9.17) is 0 Å².